The lowest BCUT2D eigenvalue weighted by atomic mass is 10.2. The van der Waals surface area contributed by atoms with E-state index in [1.807, 2.05) is 0 Å². The Morgan fingerprint density at radius 1 is 1.21 bits per heavy atom. The number of aromatic nitrogens is 2. The molecule has 29 heavy (non-hydrogen) atoms. The molecule has 9 nitrogen and oxygen atoms in total. The Hall–Kier alpha value is -3.11. The quantitative estimate of drug-likeness (QED) is 0.248. The van der Waals surface area contributed by atoms with Crippen molar-refractivity contribution in [3.63, 3.8) is 0 Å². The Kier molecular flexibility index (Phi) is 7.04. The molecule has 0 radical (unpaired) electrons. The zero-order valence-electron chi connectivity index (χ0n) is 15.7. The number of nitrogens with zero attached hydrogens (tertiary/aromatic N) is 2. The summed E-state index contributed by atoms with van der Waals surface area (Å²) in [5.41, 5.74) is 4.98. The number of benzene rings is 1. The minimum Gasteiger partial charge on any atom is -0.459 e. The maximum absolute atomic E-state index is 12.8. The zero-order valence-corrected chi connectivity index (χ0v) is 16.5. The molecule has 0 fully saturated rings. The van der Waals surface area contributed by atoms with E-state index in [9.17, 15) is 14.4 Å². The van der Waals surface area contributed by atoms with Gasteiger partial charge in [-0.05, 0) is 30.7 Å². The van der Waals surface area contributed by atoms with Crippen molar-refractivity contribution in [2.45, 2.75) is 18.1 Å². The largest absolute Gasteiger partial charge is 0.459 e. The molecule has 2 amide bonds. The number of methoxy groups -OCH3 is 1. The molecule has 0 unspecified atom stereocenters. The average Bonchev–Trinajstić information content (AvgIpc) is 3.27. The number of thioether (sulfide) groups is 1. The molecular weight excluding hydrogens is 396 g/mol. The highest BCUT2D eigenvalue weighted by Gasteiger charge is 2.14. The van der Waals surface area contributed by atoms with E-state index in [1.54, 1.807) is 42.0 Å². The van der Waals surface area contributed by atoms with Crippen LogP contribution in [0.2, 0.25) is 0 Å². The predicted octanol–water partition coefficient (Wildman–Crippen LogP) is 1.58. The Balaban J connectivity index is 1.69. The van der Waals surface area contributed by atoms with Gasteiger partial charge in [-0.15, -0.1) is 0 Å². The fraction of sp³-hybridized carbons (Fsp3) is 0.263. The van der Waals surface area contributed by atoms with Crippen molar-refractivity contribution in [1.82, 2.24) is 20.4 Å². The fourth-order valence-corrected chi connectivity index (χ4v) is 3.41. The first kappa shape index (κ1) is 20.6. The highest BCUT2D eigenvalue weighted by molar-refractivity contribution is 7.99. The van der Waals surface area contributed by atoms with E-state index in [1.165, 1.54) is 12.3 Å². The average molecular weight is 416 g/mol. The minimum atomic E-state index is -0.561. The predicted molar refractivity (Wildman–Crippen MR) is 108 cm³/mol. The molecule has 0 bridgehead atoms. The summed E-state index contributed by atoms with van der Waals surface area (Å²) in [6, 6.07) is 10.1. The maximum atomic E-state index is 12.8. The number of carbonyl (C=O) groups is 2. The number of hydrazine groups is 1. The van der Waals surface area contributed by atoms with Gasteiger partial charge in [0.15, 0.2) is 10.9 Å². The molecule has 2 N–H and O–H groups in total. The van der Waals surface area contributed by atoms with Gasteiger partial charge in [-0.3, -0.25) is 29.8 Å². The van der Waals surface area contributed by atoms with E-state index in [4.69, 9.17) is 9.15 Å². The van der Waals surface area contributed by atoms with Crippen LogP contribution in [-0.4, -0.2) is 40.8 Å². The molecular formula is C19H20N4O5S. The van der Waals surface area contributed by atoms with Crippen molar-refractivity contribution in [3.8, 4) is 0 Å². The summed E-state index contributed by atoms with van der Waals surface area (Å²) < 4.78 is 11.5. The molecule has 152 valence electrons. The molecule has 0 spiro atoms. The van der Waals surface area contributed by atoms with Crippen LogP contribution in [0, 0.1) is 0 Å². The molecule has 2 heterocycles. The number of carbonyl (C=O) groups excluding carboxylic acids is 2. The van der Waals surface area contributed by atoms with Crippen LogP contribution in [0.3, 0.4) is 0 Å². The maximum Gasteiger partial charge on any atom is 0.305 e. The first-order valence-electron chi connectivity index (χ1n) is 8.84. The molecule has 0 aliphatic carbocycles. The number of rotatable bonds is 8. The first-order chi connectivity index (χ1) is 14.1. The lowest BCUT2D eigenvalue weighted by molar-refractivity contribution is -0.119. The highest BCUT2D eigenvalue weighted by atomic mass is 32.2. The molecule has 10 heteroatoms. The number of hydrogen-bond donors (Lipinski definition) is 2. The second-order valence-electron chi connectivity index (χ2n) is 5.98. The fourth-order valence-electron chi connectivity index (χ4n) is 2.58. The van der Waals surface area contributed by atoms with Crippen molar-refractivity contribution in [2.75, 3.05) is 19.5 Å². The molecule has 1 aromatic carbocycles. The highest BCUT2D eigenvalue weighted by Crippen LogP contribution is 2.18. The van der Waals surface area contributed by atoms with Gasteiger partial charge in [-0.1, -0.05) is 23.9 Å². The Labute approximate surface area is 170 Å². The third-order valence-corrected chi connectivity index (χ3v) is 4.93. The van der Waals surface area contributed by atoms with Gasteiger partial charge in [0.05, 0.1) is 22.9 Å². The van der Waals surface area contributed by atoms with E-state index in [2.05, 4.69) is 15.8 Å². The summed E-state index contributed by atoms with van der Waals surface area (Å²) in [6.07, 6.45) is 2.00. The van der Waals surface area contributed by atoms with Gasteiger partial charge in [-0.25, -0.2) is 4.98 Å². The van der Waals surface area contributed by atoms with Crippen molar-refractivity contribution in [3.05, 3.63) is 58.8 Å². The Morgan fingerprint density at radius 3 is 2.79 bits per heavy atom. The van der Waals surface area contributed by atoms with Crippen LogP contribution in [0.4, 0.5) is 0 Å². The van der Waals surface area contributed by atoms with Crippen molar-refractivity contribution in [2.24, 2.45) is 0 Å². The zero-order chi connectivity index (χ0) is 20.6. The van der Waals surface area contributed by atoms with E-state index in [0.29, 0.717) is 35.6 Å². The van der Waals surface area contributed by atoms with Crippen LogP contribution >= 0.6 is 11.8 Å². The van der Waals surface area contributed by atoms with Gasteiger partial charge in [0, 0.05) is 20.3 Å². The Bertz CT molecular complexity index is 1050. The van der Waals surface area contributed by atoms with Gasteiger partial charge in [-0.2, -0.15) is 0 Å². The van der Waals surface area contributed by atoms with Crippen LogP contribution in [0.25, 0.3) is 10.9 Å². The lowest BCUT2D eigenvalue weighted by Crippen LogP contribution is -2.42. The van der Waals surface area contributed by atoms with Gasteiger partial charge >= 0.3 is 5.91 Å². The van der Waals surface area contributed by atoms with Gasteiger partial charge < -0.3 is 9.15 Å². The standard InChI is InChI=1S/C19H20N4O5S/c1-27-10-5-9-23-18(26)13-6-2-3-7-14(13)20-19(23)29-12-16(24)21-22-17(25)15-8-4-11-28-15/h2-4,6-8,11H,5,9-10,12H2,1H3,(H,21,24)(H,22,25). The lowest BCUT2D eigenvalue weighted by Gasteiger charge is -2.13. The third kappa shape index (κ3) is 5.24. The van der Waals surface area contributed by atoms with Crippen LogP contribution in [0.1, 0.15) is 17.0 Å². The number of amides is 2. The molecule has 3 rings (SSSR count). The van der Waals surface area contributed by atoms with E-state index >= 15 is 0 Å². The first-order valence-corrected chi connectivity index (χ1v) is 9.82. The molecule has 0 aliphatic rings. The molecule has 0 saturated carbocycles. The summed E-state index contributed by atoms with van der Waals surface area (Å²) in [5.74, 6) is -0.955. The van der Waals surface area contributed by atoms with Crippen molar-refractivity contribution >= 4 is 34.5 Å². The summed E-state index contributed by atoms with van der Waals surface area (Å²) >= 11 is 1.12. The number of para-hydroxylation sites is 1. The van der Waals surface area contributed by atoms with Crippen LogP contribution in [-0.2, 0) is 16.1 Å². The number of ether oxygens (including phenoxy) is 1. The third-order valence-electron chi connectivity index (χ3n) is 3.95. The SMILES string of the molecule is COCCCn1c(SCC(=O)NNC(=O)c2ccco2)nc2ccccc2c1=O. The molecule has 0 aliphatic heterocycles. The van der Waals surface area contributed by atoms with Crippen LogP contribution in [0.5, 0.6) is 0 Å². The number of nitrogens with one attached hydrogen (secondary N) is 2. The van der Waals surface area contributed by atoms with Gasteiger partial charge in [0.25, 0.3) is 5.56 Å². The summed E-state index contributed by atoms with van der Waals surface area (Å²) in [7, 11) is 1.60. The molecule has 0 saturated heterocycles. The number of furan rings is 1. The second kappa shape index (κ2) is 9.89. The smallest absolute Gasteiger partial charge is 0.305 e. The number of fused-ring (bicyclic) bond motifs is 1. The summed E-state index contributed by atoms with van der Waals surface area (Å²) in [5, 5.41) is 0.946. The summed E-state index contributed by atoms with van der Waals surface area (Å²) in [4.78, 5) is 41.2. The van der Waals surface area contributed by atoms with Crippen molar-refractivity contribution in [1.29, 1.82) is 0 Å². The van der Waals surface area contributed by atoms with Gasteiger partial charge in [0.2, 0.25) is 5.91 Å². The monoisotopic (exact) mass is 416 g/mol. The normalized spacial score (nSPS) is 10.8. The van der Waals surface area contributed by atoms with Crippen LogP contribution < -0.4 is 16.4 Å². The molecule has 0 atom stereocenters. The number of hydrogen-bond acceptors (Lipinski definition) is 7. The molecule has 3 aromatic rings. The van der Waals surface area contributed by atoms with Crippen LogP contribution in [0.15, 0.2) is 57.0 Å². The van der Waals surface area contributed by atoms with E-state index in [0.717, 1.165) is 11.8 Å². The van der Waals surface area contributed by atoms with Crippen molar-refractivity contribution < 1.29 is 18.7 Å². The summed E-state index contributed by atoms with van der Waals surface area (Å²) in [6.45, 7) is 0.923. The topological polar surface area (TPSA) is 115 Å². The van der Waals surface area contributed by atoms with Gasteiger partial charge in [0.1, 0.15) is 0 Å². The Morgan fingerprint density at radius 2 is 2.03 bits per heavy atom. The van der Waals surface area contributed by atoms with E-state index in [-0.39, 0.29) is 17.1 Å². The second-order valence-corrected chi connectivity index (χ2v) is 6.93. The molecule has 2 aromatic heterocycles. The van der Waals surface area contributed by atoms with E-state index < -0.39 is 11.8 Å². The minimum absolute atomic E-state index is 0.0342.